The zero-order valence-corrected chi connectivity index (χ0v) is 21.1. The van der Waals surface area contributed by atoms with Gasteiger partial charge in [-0.15, -0.1) is 0 Å². The number of piperazine rings is 1. The summed E-state index contributed by atoms with van der Waals surface area (Å²) >= 11 is 0. The first-order valence-corrected chi connectivity index (χ1v) is 14.4. The van der Waals surface area contributed by atoms with Gasteiger partial charge in [-0.3, -0.25) is 0 Å². The standard InChI is InChI=1S/C29H35N3O2S/c33-35(34)28(23-9-6-3-7-10-23)14-8-13-27(31-35)29(24-11-4-1-2-5-12-24)25-15-17-26(18-16-25)32-21-19-30-20-22-32/h3,6-10,13-18,24,29-30H,1-2,4-5,11-12,19-22H2. The van der Waals surface area contributed by atoms with E-state index >= 15 is 0 Å². The molecular weight excluding hydrogens is 454 g/mol. The number of sulfonamides is 1. The second-order valence-electron chi connectivity index (χ2n) is 9.81. The highest BCUT2D eigenvalue weighted by Crippen LogP contribution is 2.39. The van der Waals surface area contributed by atoms with Crippen molar-refractivity contribution in [1.29, 1.82) is 0 Å². The zero-order valence-electron chi connectivity index (χ0n) is 20.3. The van der Waals surface area contributed by atoms with Crippen LogP contribution in [0.15, 0.2) is 77.2 Å². The molecule has 3 aliphatic rings. The van der Waals surface area contributed by atoms with Crippen LogP contribution in [0.2, 0.25) is 0 Å². The molecule has 1 N–H and O–H groups in total. The summed E-state index contributed by atoms with van der Waals surface area (Å²) in [4.78, 5) is 2.67. The molecular formula is C29H35N3O2S. The lowest BCUT2D eigenvalue weighted by atomic mass is 9.78. The van der Waals surface area contributed by atoms with E-state index in [1.165, 1.54) is 31.4 Å². The fourth-order valence-corrected chi connectivity index (χ4v) is 6.93. The number of nitrogens with zero attached hydrogens (tertiary/aromatic N) is 2. The summed E-state index contributed by atoms with van der Waals surface area (Å²) in [5.41, 5.74) is 3.73. The van der Waals surface area contributed by atoms with Crippen molar-refractivity contribution < 1.29 is 8.42 Å². The molecule has 35 heavy (non-hydrogen) atoms. The average molecular weight is 490 g/mol. The third kappa shape index (κ3) is 5.60. The summed E-state index contributed by atoms with van der Waals surface area (Å²) in [6, 6.07) is 18.1. The van der Waals surface area contributed by atoms with Crippen molar-refractivity contribution in [3.05, 3.63) is 84.0 Å². The molecule has 184 valence electrons. The molecule has 2 aromatic carbocycles. The Labute approximate surface area is 209 Å². The maximum atomic E-state index is 13.5. The fraction of sp³-hybridized carbons (Fsp3) is 0.414. The van der Waals surface area contributed by atoms with Crippen molar-refractivity contribution >= 4 is 26.3 Å². The Bertz CT molecular complexity index is 1190. The Hall–Kier alpha value is -2.70. The van der Waals surface area contributed by atoms with Crippen molar-refractivity contribution in [2.75, 3.05) is 31.1 Å². The van der Waals surface area contributed by atoms with Crippen LogP contribution >= 0.6 is 0 Å². The molecule has 2 heterocycles. The van der Waals surface area contributed by atoms with Gasteiger partial charge in [-0.2, -0.15) is 12.8 Å². The summed E-state index contributed by atoms with van der Waals surface area (Å²) in [5, 5.41) is 3.41. The van der Waals surface area contributed by atoms with Crippen molar-refractivity contribution in [1.82, 2.24) is 5.32 Å². The van der Waals surface area contributed by atoms with Crippen LogP contribution in [0.4, 0.5) is 5.69 Å². The molecule has 5 nitrogen and oxygen atoms in total. The Kier molecular flexibility index (Phi) is 7.49. The van der Waals surface area contributed by atoms with Crippen LogP contribution < -0.4 is 10.2 Å². The molecule has 0 spiro atoms. The number of allylic oxidation sites excluding steroid dienone is 3. The molecule has 1 unspecified atom stereocenters. The lowest BCUT2D eigenvalue weighted by Crippen LogP contribution is -2.43. The minimum absolute atomic E-state index is 0.0280. The summed E-state index contributed by atoms with van der Waals surface area (Å²) in [6.45, 7) is 4.02. The van der Waals surface area contributed by atoms with Gasteiger partial charge < -0.3 is 10.2 Å². The van der Waals surface area contributed by atoms with Crippen LogP contribution in [0, 0.1) is 5.92 Å². The van der Waals surface area contributed by atoms with Gasteiger partial charge in [0, 0.05) is 37.8 Å². The molecule has 0 radical (unpaired) electrons. The molecule has 1 aliphatic carbocycles. The maximum Gasteiger partial charge on any atom is 0.283 e. The minimum Gasteiger partial charge on any atom is -0.369 e. The lowest BCUT2D eigenvalue weighted by molar-refractivity contribution is 0.434. The second-order valence-corrected chi connectivity index (χ2v) is 11.4. The molecule has 0 bridgehead atoms. The van der Waals surface area contributed by atoms with E-state index in [0.717, 1.165) is 44.6 Å². The molecule has 5 rings (SSSR count). The normalized spacial score (nSPS) is 22.0. The fourth-order valence-electron chi connectivity index (χ4n) is 5.69. The summed E-state index contributed by atoms with van der Waals surface area (Å²) in [7, 11) is -3.82. The smallest absolute Gasteiger partial charge is 0.283 e. The van der Waals surface area contributed by atoms with Crippen LogP contribution in [0.3, 0.4) is 0 Å². The largest absolute Gasteiger partial charge is 0.369 e. The van der Waals surface area contributed by atoms with E-state index in [2.05, 4.69) is 38.9 Å². The molecule has 0 amide bonds. The Balaban J connectivity index is 1.50. The molecule has 2 fully saturated rings. The predicted octanol–water partition coefficient (Wildman–Crippen LogP) is 5.53. The molecule has 1 saturated heterocycles. The molecule has 1 saturated carbocycles. The van der Waals surface area contributed by atoms with E-state index in [4.69, 9.17) is 0 Å². The highest BCUT2D eigenvalue weighted by atomic mass is 32.2. The van der Waals surface area contributed by atoms with E-state index in [1.54, 1.807) is 6.08 Å². The van der Waals surface area contributed by atoms with E-state index in [-0.39, 0.29) is 10.8 Å². The van der Waals surface area contributed by atoms with Crippen molar-refractivity contribution in [2.24, 2.45) is 10.3 Å². The van der Waals surface area contributed by atoms with Gasteiger partial charge in [-0.25, -0.2) is 0 Å². The van der Waals surface area contributed by atoms with Crippen LogP contribution in [-0.2, 0) is 10.0 Å². The van der Waals surface area contributed by atoms with Gasteiger partial charge >= 0.3 is 0 Å². The van der Waals surface area contributed by atoms with Gasteiger partial charge in [-0.1, -0.05) is 74.2 Å². The van der Waals surface area contributed by atoms with Gasteiger partial charge in [0.15, 0.2) is 0 Å². The summed E-state index contributed by atoms with van der Waals surface area (Å²) in [5.74, 6) is 0.360. The SMILES string of the molecule is O=S1(=O)N=C(C(c2ccc(N3CCNCC3)cc2)C2CCCCCC2)C=CC=C1c1ccccc1. The van der Waals surface area contributed by atoms with E-state index in [1.807, 2.05) is 42.5 Å². The van der Waals surface area contributed by atoms with Gasteiger partial charge in [0.1, 0.15) is 0 Å². The Morgan fingerprint density at radius 3 is 2.26 bits per heavy atom. The molecule has 1 atom stereocenters. The molecule has 2 aromatic rings. The van der Waals surface area contributed by atoms with Crippen molar-refractivity contribution in [3.8, 4) is 0 Å². The number of nitrogens with one attached hydrogen (secondary N) is 1. The van der Waals surface area contributed by atoms with Crippen molar-refractivity contribution in [3.63, 3.8) is 0 Å². The maximum absolute atomic E-state index is 13.5. The monoisotopic (exact) mass is 489 g/mol. The van der Waals surface area contributed by atoms with E-state index in [0.29, 0.717) is 17.2 Å². The number of hydrogen-bond donors (Lipinski definition) is 1. The van der Waals surface area contributed by atoms with Gasteiger partial charge in [-0.05, 0) is 54.2 Å². The Morgan fingerprint density at radius 2 is 1.57 bits per heavy atom. The van der Waals surface area contributed by atoms with E-state index < -0.39 is 10.0 Å². The van der Waals surface area contributed by atoms with Gasteiger partial charge in [0.2, 0.25) is 0 Å². The molecule has 6 heteroatoms. The molecule has 0 aromatic heterocycles. The van der Waals surface area contributed by atoms with Crippen LogP contribution in [0.5, 0.6) is 0 Å². The second kappa shape index (κ2) is 10.9. The number of hydrogen-bond acceptors (Lipinski definition) is 4. The third-order valence-corrected chi connectivity index (χ3v) is 8.88. The summed E-state index contributed by atoms with van der Waals surface area (Å²) < 4.78 is 31.4. The van der Waals surface area contributed by atoms with Crippen molar-refractivity contribution in [2.45, 2.75) is 44.4 Å². The third-order valence-electron chi connectivity index (χ3n) is 7.50. The highest BCUT2D eigenvalue weighted by Gasteiger charge is 2.31. The van der Waals surface area contributed by atoms with Crippen LogP contribution in [0.1, 0.15) is 55.6 Å². The first kappa shape index (κ1) is 24.0. The molecule has 2 aliphatic heterocycles. The number of rotatable bonds is 5. The first-order chi connectivity index (χ1) is 17.1. The average Bonchev–Trinajstić information content (AvgIpc) is 3.25. The zero-order chi connectivity index (χ0) is 24.1. The van der Waals surface area contributed by atoms with Crippen LogP contribution in [0.25, 0.3) is 4.91 Å². The highest BCUT2D eigenvalue weighted by molar-refractivity contribution is 7.99. The van der Waals surface area contributed by atoms with E-state index in [9.17, 15) is 8.42 Å². The van der Waals surface area contributed by atoms with Gasteiger partial charge in [0.25, 0.3) is 10.0 Å². The number of benzene rings is 2. The van der Waals surface area contributed by atoms with Crippen LogP contribution in [-0.4, -0.2) is 40.3 Å². The quantitative estimate of drug-likeness (QED) is 0.561. The predicted molar refractivity (Wildman–Crippen MR) is 145 cm³/mol. The first-order valence-electron chi connectivity index (χ1n) is 13.0. The number of anilines is 1. The minimum atomic E-state index is -3.82. The van der Waals surface area contributed by atoms with Gasteiger partial charge in [0.05, 0.1) is 10.6 Å². The summed E-state index contributed by atoms with van der Waals surface area (Å²) in [6.07, 6.45) is 12.6. The lowest BCUT2D eigenvalue weighted by Gasteiger charge is -2.31. The topological polar surface area (TPSA) is 61.8 Å². The Morgan fingerprint density at radius 1 is 0.886 bits per heavy atom.